The summed E-state index contributed by atoms with van der Waals surface area (Å²) in [5.74, 6) is -0.0532. The van der Waals surface area contributed by atoms with Crippen molar-refractivity contribution in [3.8, 4) is 0 Å². The second-order valence-electron chi connectivity index (χ2n) is 5.57. The van der Waals surface area contributed by atoms with E-state index < -0.39 is 15.8 Å². The molecule has 0 radical (unpaired) electrons. The van der Waals surface area contributed by atoms with E-state index in [4.69, 9.17) is 9.84 Å². The van der Waals surface area contributed by atoms with E-state index in [1.165, 1.54) is 12.1 Å². The van der Waals surface area contributed by atoms with Gasteiger partial charge in [0.25, 0.3) is 0 Å². The molecule has 7 heteroatoms. The van der Waals surface area contributed by atoms with Crippen molar-refractivity contribution in [2.45, 2.75) is 32.4 Å². The summed E-state index contributed by atoms with van der Waals surface area (Å²) < 4.78 is 45.2. The largest absolute Gasteiger partial charge is 0.392 e. The van der Waals surface area contributed by atoms with Crippen LogP contribution in [0.25, 0.3) is 0 Å². The Hall–Kier alpha value is -1.02. The molecule has 1 aromatic carbocycles. The number of rotatable bonds is 7. The molecule has 0 spiro atoms. The zero-order valence-electron chi connectivity index (χ0n) is 12.4. The van der Waals surface area contributed by atoms with Gasteiger partial charge >= 0.3 is 0 Å². The second-order valence-corrected chi connectivity index (χ2v) is 7.49. The molecule has 1 aromatic rings. The molecule has 2 rings (SSSR count). The summed E-state index contributed by atoms with van der Waals surface area (Å²) in [7, 11) is -3.37. The molecule has 1 fully saturated rings. The van der Waals surface area contributed by atoms with Crippen LogP contribution in [0.3, 0.4) is 0 Å². The molecule has 1 aliphatic heterocycles. The van der Waals surface area contributed by atoms with Crippen molar-refractivity contribution in [1.82, 2.24) is 4.72 Å². The van der Waals surface area contributed by atoms with Gasteiger partial charge in [-0.05, 0) is 36.8 Å². The third kappa shape index (κ3) is 5.31. The average Bonchev–Trinajstić information content (AvgIpc) is 2.52. The number of sulfonamides is 1. The lowest BCUT2D eigenvalue weighted by molar-refractivity contribution is 0.0655. The summed E-state index contributed by atoms with van der Waals surface area (Å²) in [4.78, 5) is 0. The molecule has 0 unspecified atom stereocenters. The third-order valence-electron chi connectivity index (χ3n) is 3.92. The molecule has 2 N–H and O–H groups in total. The van der Waals surface area contributed by atoms with Crippen LogP contribution in [0.5, 0.6) is 0 Å². The number of aliphatic hydroxyl groups is 1. The molecule has 0 aromatic heterocycles. The summed E-state index contributed by atoms with van der Waals surface area (Å²) in [5, 5.41) is 8.90. The fourth-order valence-corrected chi connectivity index (χ4v) is 3.63. The minimum Gasteiger partial charge on any atom is -0.392 e. The van der Waals surface area contributed by atoms with Gasteiger partial charge in [0, 0.05) is 25.3 Å². The normalized spacial score (nSPS) is 16.8. The van der Waals surface area contributed by atoms with Gasteiger partial charge in [0.2, 0.25) is 10.0 Å². The maximum Gasteiger partial charge on any atom is 0.211 e. The van der Waals surface area contributed by atoms with Crippen molar-refractivity contribution in [2.24, 2.45) is 5.92 Å². The minimum absolute atomic E-state index is 0.0543. The molecule has 0 amide bonds. The van der Waals surface area contributed by atoms with Crippen molar-refractivity contribution >= 4 is 10.0 Å². The zero-order valence-corrected chi connectivity index (χ0v) is 13.2. The van der Waals surface area contributed by atoms with Crippen LogP contribution in [-0.4, -0.2) is 32.5 Å². The maximum absolute atomic E-state index is 13.5. The molecule has 0 saturated carbocycles. The summed E-state index contributed by atoms with van der Waals surface area (Å²) in [5.41, 5.74) is 0.732. The highest BCUT2D eigenvalue weighted by Crippen LogP contribution is 2.19. The highest BCUT2D eigenvalue weighted by Gasteiger charge is 2.18. The Kier molecular flexibility index (Phi) is 6.31. The van der Waals surface area contributed by atoms with Gasteiger partial charge in [-0.15, -0.1) is 0 Å². The van der Waals surface area contributed by atoms with Gasteiger partial charge < -0.3 is 9.84 Å². The topological polar surface area (TPSA) is 75.6 Å². The Morgan fingerprint density at radius 2 is 2.05 bits per heavy atom. The van der Waals surface area contributed by atoms with Crippen LogP contribution in [0.15, 0.2) is 18.2 Å². The molecule has 5 nitrogen and oxygen atoms in total. The molecule has 22 heavy (non-hydrogen) atoms. The third-order valence-corrected chi connectivity index (χ3v) is 5.28. The van der Waals surface area contributed by atoms with Gasteiger partial charge in [-0.2, -0.15) is 0 Å². The maximum atomic E-state index is 13.5. The van der Waals surface area contributed by atoms with Crippen molar-refractivity contribution < 1.29 is 22.7 Å². The summed E-state index contributed by atoms with van der Waals surface area (Å²) in [6.45, 7) is 1.09. The van der Waals surface area contributed by atoms with Crippen molar-refractivity contribution in [3.63, 3.8) is 0 Å². The lowest BCUT2D eigenvalue weighted by Crippen LogP contribution is -2.28. The summed E-state index contributed by atoms with van der Waals surface area (Å²) in [6, 6.07) is 4.31. The van der Waals surface area contributed by atoms with Crippen LogP contribution in [-0.2, 0) is 27.9 Å². The van der Waals surface area contributed by atoms with Crippen molar-refractivity contribution in [1.29, 1.82) is 0 Å². The fourth-order valence-electron chi connectivity index (χ4n) is 2.45. The van der Waals surface area contributed by atoms with E-state index in [1.807, 2.05) is 0 Å². The van der Waals surface area contributed by atoms with Crippen LogP contribution >= 0.6 is 0 Å². The zero-order chi connectivity index (χ0) is 16.0. The van der Waals surface area contributed by atoms with Gasteiger partial charge in [-0.3, -0.25) is 0 Å². The quantitative estimate of drug-likeness (QED) is 0.795. The molecule has 1 heterocycles. The van der Waals surface area contributed by atoms with Crippen molar-refractivity contribution in [2.75, 3.05) is 19.0 Å². The van der Waals surface area contributed by atoms with E-state index >= 15 is 0 Å². The molecule has 0 aliphatic carbocycles. The molecule has 0 bridgehead atoms. The van der Waals surface area contributed by atoms with Crippen LogP contribution in [0.1, 0.15) is 30.4 Å². The Labute approximate surface area is 130 Å². The average molecular weight is 331 g/mol. The number of aliphatic hydroxyl groups excluding tert-OH is 1. The van der Waals surface area contributed by atoms with Gasteiger partial charge in [0.05, 0.1) is 12.4 Å². The number of nitrogens with one attached hydrogen (secondary N) is 1. The lowest BCUT2D eigenvalue weighted by atomic mass is 9.98. The van der Waals surface area contributed by atoms with E-state index in [1.54, 1.807) is 6.07 Å². The van der Waals surface area contributed by atoms with Crippen LogP contribution in [0, 0.1) is 11.7 Å². The first-order valence-corrected chi connectivity index (χ1v) is 9.08. The van der Waals surface area contributed by atoms with Crippen molar-refractivity contribution in [3.05, 3.63) is 35.1 Å². The Morgan fingerprint density at radius 3 is 2.68 bits per heavy atom. The van der Waals surface area contributed by atoms with E-state index in [9.17, 15) is 12.8 Å². The first kappa shape index (κ1) is 17.3. The van der Waals surface area contributed by atoms with E-state index in [0.717, 1.165) is 12.8 Å². The Bertz CT molecular complexity index is 585. The van der Waals surface area contributed by atoms with E-state index in [0.29, 0.717) is 31.1 Å². The molecule has 1 saturated heterocycles. The van der Waals surface area contributed by atoms with Gasteiger partial charge in [-0.1, -0.05) is 12.1 Å². The second kappa shape index (κ2) is 8.01. The molecule has 124 valence electrons. The van der Waals surface area contributed by atoms with E-state index in [-0.39, 0.29) is 24.5 Å². The summed E-state index contributed by atoms with van der Waals surface area (Å²) >= 11 is 0. The fraction of sp³-hybridized carbons (Fsp3) is 0.600. The van der Waals surface area contributed by atoms with Crippen LogP contribution in [0.2, 0.25) is 0 Å². The Balaban J connectivity index is 1.82. The van der Waals surface area contributed by atoms with Crippen LogP contribution < -0.4 is 4.72 Å². The number of benzene rings is 1. The first-order chi connectivity index (χ1) is 10.5. The monoisotopic (exact) mass is 331 g/mol. The lowest BCUT2D eigenvalue weighted by Gasteiger charge is -2.21. The molecule has 0 atom stereocenters. The molecular formula is C15H22FNO4S. The first-order valence-electron chi connectivity index (χ1n) is 7.43. The molecule has 1 aliphatic rings. The molecular weight excluding hydrogens is 309 g/mol. The minimum atomic E-state index is -3.37. The Morgan fingerprint density at radius 1 is 1.32 bits per heavy atom. The highest BCUT2D eigenvalue weighted by molar-refractivity contribution is 7.89. The van der Waals surface area contributed by atoms with Gasteiger partial charge in [0.15, 0.2) is 0 Å². The van der Waals surface area contributed by atoms with Crippen LogP contribution in [0.4, 0.5) is 4.39 Å². The predicted molar refractivity (Wildman–Crippen MR) is 81.1 cm³/mol. The SMILES string of the molecule is O=S(=O)(CCC1CCOCC1)NCc1ccc(CO)c(F)c1. The van der Waals surface area contributed by atoms with E-state index in [2.05, 4.69) is 4.72 Å². The number of ether oxygens (including phenoxy) is 1. The summed E-state index contributed by atoms with van der Waals surface area (Å²) in [6.07, 6.45) is 2.43. The number of hydrogen-bond acceptors (Lipinski definition) is 4. The van der Waals surface area contributed by atoms with Gasteiger partial charge in [-0.25, -0.2) is 17.5 Å². The number of hydrogen-bond donors (Lipinski definition) is 2. The number of halogens is 1. The predicted octanol–water partition coefficient (Wildman–Crippen LogP) is 1.55. The highest BCUT2D eigenvalue weighted by atomic mass is 32.2. The van der Waals surface area contributed by atoms with Gasteiger partial charge in [0.1, 0.15) is 5.82 Å². The smallest absolute Gasteiger partial charge is 0.211 e. The standard InChI is InChI=1S/C15H22FNO4S/c16-15-9-13(1-2-14(15)11-18)10-17-22(19,20)8-5-12-3-6-21-7-4-12/h1-2,9,12,17-18H,3-8,10-11H2.